The number of nitrogens with two attached hydrogens (primary N) is 1. The van der Waals surface area contributed by atoms with Gasteiger partial charge >= 0.3 is 0 Å². The summed E-state index contributed by atoms with van der Waals surface area (Å²) >= 11 is 0. The lowest BCUT2D eigenvalue weighted by Crippen LogP contribution is -2.00. The van der Waals surface area contributed by atoms with Crippen molar-refractivity contribution in [3.8, 4) is 0 Å². The quantitative estimate of drug-likeness (QED) is 0.526. The maximum Gasteiger partial charge on any atom is 0.00435 e. The molecule has 2 N–H and O–H groups in total. The number of allylic oxidation sites excluding steroid dienone is 2. The van der Waals surface area contributed by atoms with Gasteiger partial charge in [0.05, 0.1) is 0 Å². The Balaban J connectivity index is 2.70. The van der Waals surface area contributed by atoms with E-state index in [0.29, 0.717) is 0 Å². The van der Waals surface area contributed by atoms with Crippen molar-refractivity contribution in [2.45, 2.75) is 33.1 Å². The molecular formula is C8H15N. The van der Waals surface area contributed by atoms with Gasteiger partial charge in [0, 0.05) is 5.70 Å². The average molecular weight is 125 g/mol. The van der Waals surface area contributed by atoms with E-state index in [4.69, 9.17) is 5.73 Å². The molecule has 1 fully saturated rings. The van der Waals surface area contributed by atoms with Crippen molar-refractivity contribution in [3.63, 3.8) is 0 Å². The zero-order valence-corrected chi connectivity index (χ0v) is 6.28. The van der Waals surface area contributed by atoms with E-state index in [1.807, 2.05) is 6.92 Å². The summed E-state index contributed by atoms with van der Waals surface area (Å²) in [5.74, 6) is 0.759. The van der Waals surface area contributed by atoms with Gasteiger partial charge in [-0.05, 0) is 37.7 Å². The van der Waals surface area contributed by atoms with Crippen LogP contribution in [0.3, 0.4) is 0 Å². The standard InChI is InChI=1S/C8H15N/c1-6-4-3-5-8(6)7(2)9/h6H,3-5,9H2,1-2H3/b8-7-. The normalized spacial score (nSPS) is 32.9. The Morgan fingerprint density at radius 3 is 2.56 bits per heavy atom. The van der Waals surface area contributed by atoms with Gasteiger partial charge in [-0.15, -0.1) is 0 Å². The molecule has 0 heterocycles. The van der Waals surface area contributed by atoms with Gasteiger partial charge in [0.1, 0.15) is 0 Å². The summed E-state index contributed by atoms with van der Waals surface area (Å²) < 4.78 is 0. The molecule has 52 valence electrons. The Morgan fingerprint density at radius 1 is 1.67 bits per heavy atom. The highest BCUT2D eigenvalue weighted by Crippen LogP contribution is 2.31. The summed E-state index contributed by atoms with van der Waals surface area (Å²) in [4.78, 5) is 0. The molecule has 1 saturated carbocycles. The molecule has 0 aromatic carbocycles. The summed E-state index contributed by atoms with van der Waals surface area (Å²) in [6, 6.07) is 0. The van der Waals surface area contributed by atoms with Gasteiger partial charge < -0.3 is 5.73 Å². The molecule has 1 nitrogen and oxygen atoms in total. The first-order valence-corrected chi connectivity index (χ1v) is 3.67. The maximum absolute atomic E-state index is 5.67. The van der Waals surface area contributed by atoms with Crippen LogP contribution in [0.25, 0.3) is 0 Å². The van der Waals surface area contributed by atoms with Crippen molar-refractivity contribution in [2.75, 3.05) is 0 Å². The summed E-state index contributed by atoms with van der Waals surface area (Å²) in [6.07, 6.45) is 3.92. The van der Waals surface area contributed by atoms with Crippen LogP contribution in [0.1, 0.15) is 33.1 Å². The van der Waals surface area contributed by atoms with Gasteiger partial charge in [-0.3, -0.25) is 0 Å². The summed E-state index contributed by atoms with van der Waals surface area (Å²) in [7, 11) is 0. The lowest BCUT2D eigenvalue weighted by Gasteiger charge is -2.05. The van der Waals surface area contributed by atoms with Gasteiger partial charge in [0.15, 0.2) is 0 Å². The SMILES string of the molecule is C/C(N)=C1\CCCC1C. The van der Waals surface area contributed by atoms with E-state index in [1.54, 1.807) is 0 Å². The molecule has 1 unspecified atom stereocenters. The predicted octanol–water partition coefficient (Wildman–Crippen LogP) is 2.04. The zero-order chi connectivity index (χ0) is 6.85. The van der Waals surface area contributed by atoms with E-state index < -0.39 is 0 Å². The largest absolute Gasteiger partial charge is 0.402 e. The molecular weight excluding hydrogens is 110 g/mol. The first-order chi connectivity index (χ1) is 4.22. The average Bonchev–Trinajstić information content (AvgIpc) is 2.13. The van der Waals surface area contributed by atoms with E-state index in [1.165, 1.54) is 24.8 Å². The fourth-order valence-corrected chi connectivity index (χ4v) is 1.61. The van der Waals surface area contributed by atoms with E-state index >= 15 is 0 Å². The molecule has 0 saturated heterocycles. The van der Waals surface area contributed by atoms with Crippen molar-refractivity contribution >= 4 is 0 Å². The second-order valence-corrected chi connectivity index (χ2v) is 3.00. The van der Waals surface area contributed by atoms with E-state index in [-0.39, 0.29) is 0 Å². The molecule has 1 rings (SSSR count). The maximum atomic E-state index is 5.67. The van der Waals surface area contributed by atoms with E-state index in [2.05, 4.69) is 6.92 Å². The Hall–Kier alpha value is -0.460. The third-order valence-electron chi connectivity index (χ3n) is 2.18. The number of rotatable bonds is 0. The van der Waals surface area contributed by atoms with Crippen molar-refractivity contribution in [2.24, 2.45) is 11.7 Å². The molecule has 0 bridgehead atoms. The van der Waals surface area contributed by atoms with Gasteiger partial charge in [-0.2, -0.15) is 0 Å². The van der Waals surface area contributed by atoms with Gasteiger partial charge in [0.25, 0.3) is 0 Å². The Bertz CT molecular complexity index is 132. The molecule has 1 aliphatic rings. The highest BCUT2D eigenvalue weighted by molar-refractivity contribution is 5.15. The van der Waals surface area contributed by atoms with Crippen molar-refractivity contribution in [1.82, 2.24) is 0 Å². The zero-order valence-electron chi connectivity index (χ0n) is 6.28. The van der Waals surface area contributed by atoms with E-state index in [0.717, 1.165) is 11.6 Å². The first kappa shape index (κ1) is 6.66. The molecule has 0 aromatic rings. The van der Waals surface area contributed by atoms with E-state index in [9.17, 15) is 0 Å². The second kappa shape index (κ2) is 2.42. The summed E-state index contributed by atoms with van der Waals surface area (Å²) in [5, 5.41) is 0. The molecule has 0 radical (unpaired) electrons. The van der Waals surface area contributed by atoms with Crippen LogP contribution in [0.4, 0.5) is 0 Å². The monoisotopic (exact) mass is 125 g/mol. The molecule has 1 aliphatic carbocycles. The van der Waals surface area contributed by atoms with Gasteiger partial charge in [-0.1, -0.05) is 6.92 Å². The number of hydrogen-bond acceptors (Lipinski definition) is 1. The van der Waals surface area contributed by atoms with Crippen LogP contribution in [0, 0.1) is 5.92 Å². The summed E-state index contributed by atoms with van der Waals surface area (Å²) in [5.41, 5.74) is 8.22. The third-order valence-corrected chi connectivity index (χ3v) is 2.18. The molecule has 0 amide bonds. The van der Waals surface area contributed by atoms with Crippen LogP contribution in [0.2, 0.25) is 0 Å². The van der Waals surface area contributed by atoms with Crippen molar-refractivity contribution in [3.05, 3.63) is 11.3 Å². The number of hydrogen-bond donors (Lipinski definition) is 1. The Labute approximate surface area is 56.9 Å². The molecule has 1 atom stereocenters. The smallest absolute Gasteiger partial charge is 0.00435 e. The minimum atomic E-state index is 0.759. The predicted molar refractivity (Wildman–Crippen MR) is 39.9 cm³/mol. The van der Waals surface area contributed by atoms with Crippen LogP contribution in [-0.4, -0.2) is 0 Å². The van der Waals surface area contributed by atoms with Crippen LogP contribution in [-0.2, 0) is 0 Å². The highest BCUT2D eigenvalue weighted by Gasteiger charge is 2.16. The minimum absolute atomic E-state index is 0.759. The Morgan fingerprint density at radius 2 is 2.33 bits per heavy atom. The molecule has 9 heavy (non-hydrogen) atoms. The third kappa shape index (κ3) is 1.26. The fraction of sp³-hybridized carbons (Fsp3) is 0.750. The molecule has 1 heteroatoms. The van der Waals surface area contributed by atoms with Gasteiger partial charge in [-0.25, -0.2) is 0 Å². The second-order valence-electron chi connectivity index (χ2n) is 3.00. The first-order valence-electron chi connectivity index (χ1n) is 3.67. The molecule has 0 spiro atoms. The van der Waals surface area contributed by atoms with Crippen LogP contribution in [0.5, 0.6) is 0 Å². The summed E-state index contributed by atoms with van der Waals surface area (Å²) in [6.45, 7) is 4.27. The van der Waals surface area contributed by atoms with Crippen LogP contribution < -0.4 is 5.73 Å². The molecule has 0 aliphatic heterocycles. The fourth-order valence-electron chi connectivity index (χ4n) is 1.61. The van der Waals surface area contributed by atoms with Crippen molar-refractivity contribution < 1.29 is 0 Å². The van der Waals surface area contributed by atoms with Gasteiger partial charge in [0.2, 0.25) is 0 Å². The minimum Gasteiger partial charge on any atom is -0.402 e. The van der Waals surface area contributed by atoms with Crippen LogP contribution in [0.15, 0.2) is 11.3 Å². The van der Waals surface area contributed by atoms with Crippen LogP contribution >= 0.6 is 0 Å². The Kier molecular flexibility index (Phi) is 1.79. The topological polar surface area (TPSA) is 26.0 Å². The lowest BCUT2D eigenvalue weighted by molar-refractivity contribution is 0.690. The lowest BCUT2D eigenvalue weighted by atomic mass is 10.0. The van der Waals surface area contributed by atoms with Crippen molar-refractivity contribution in [1.29, 1.82) is 0 Å². The highest BCUT2D eigenvalue weighted by atomic mass is 14.6. The molecule has 0 aromatic heterocycles.